The van der Waals surface area contributed by atoms with Gasteiger partial charge in [0, 0.05) is 65.0 Å². The molecule has 4 N–H and O–H groups in total. The zero-order valence-electron chi connectivity index (χ0n) is 44.8. The van der Waals surface area contributed by atoms with Crippen LogP contribution in [0, 0.1) is 34.5 Å². The summed E-state index contributed by atoms with van der Waals surface area (Å²) >= 11 is 0. The molecule has 4 atom stereocenters. The van der Waals surface area contributed by atoms with Gasteiger partial charge >= 0.3 is 17.9 Å². The molecule has 4 unspecified atom stereocenters. The van der Waals surface area contributed by atoms with Crippen molar-refractivity contribution in [2.75, 3.05) is 24.9 Å². The number of piperidine rings is 4. The number of aromatic carboxylic acids is 1. The van der Waals surface area contributed by atoms with E-state index in [9.17, 15) is 19.2 Å². The maximum atomic E-state index is 13.6. The van der Waals surface area contributed by atoms with Crippen LogP contribution < -0.4 is 16.0 Å². The minimum absolute atomic E-state index is 0.0154. The number of ether oxygens (including phenoxy) is 2. The van der Waals surface area contributed by atoms with Crippen molar-refractivity contribution in [1.82, 2.24) is 30.2 Å². The Labute approximate surface area is 432 Å². The maximum absolute atomic E-state index is 13.6. The van der Waals surface area contributed by atoms with E-state index in [-0.39, 0.29) is 47.3 Å². The van der Waals surface area contributed by atoms with Crippen molar-refractivity contribution in [1.29, 1.82) is 0 Å². The summed E-state index contributed by atoms with van der Waals surface area (Å²) in [5.74, 6) is 1.85. The van der Waals surface area contributed by atoms with Gasteiger partial charge in [0.15, 0.2) is 0 Å². The fraction of sp³-hybridized carbons (Fsp3) is 0.655. The Bertz CT molecular complexity index is 2530. The van der Waals surface area contributed by atoms with E-state index in [1.807, 2.05) is 29.3 Å². The second-order valence-corrected chi connectivity index (χ2v) is 24.2. The van der Waals surface area contributed by atoms with E-state index < -0.39 is 5.97 Å². The number of benzene rings is 2. The molecule has 1 amide bonds. The number of amides is 1. The van der Waals surface area contributed by atoms with Gasteiger partial charge in [-0.05, 0) is 168 Å². The molecule has 4 bridgehead atoms. The Kier molecular flexibility index (Phi) is 17.3. The van der Waals surface area contributed by atoms with Gasteiger partial charge in [0.2, 0.25) is 11.9 Å². The molecule has 2 aromatic heterocycles. The summed E-state index contributed by atoms with van der Waals surface area (Å²) in [5.41, 5.74) is 3.28. The van der Waals surface area contributed by atoms with Crippen LogP contribution in [0.1, 0.15) is 178 Å². The Morgan fingerprint density at radius 2 is 1.01 bits per heavy atom. The number of esters is 2. The van der Waals surface area contributed by atoms with Gasteiger partial charge in [-0.25, -0.2) is 24.7 Å². The Morgan fingerprint density at radius 3 is 1.45 bits per heavy atom. The number of carbonyl (C=O) groups excluding carboxylic acids is 3. The molecule has 4 aliphatic heterocycles. The van der Waals surface area contributed by atoms with Crippen molar-refractivity contribution in [2.45, 2.75) is 193 Å². The summed E-state index contributed by atoms with van der Waals surface area (Å²) in [6.07, 6.45) is 23.1. The minimum atomic E-state index is -0.935. The first-order valence-corrected chi connectivity index (χ1v) is 27.4. The zero-order valence-corrected chi connectivity index (χ0v) is 44.8. The van der Waals surface area contributed by atoms with Crippen LogP contribution >= 0.6 is 0 Å². The summed E-state index contributed by atoms with van der Waals surface area (Å²) in [6, 6.07) is 12.8. The first kappa shape index (κ1) is 53.8. The lowest BCUT2D eigenvalue weighted by molar-refractivity contribution is -0.149. The molecule has 15 heteroatoms. The number of nitrogens with one attached hydrogen (secondary N) is 3. The number of carboxylic acid groups (broad SMARTS) is 1. The quantitative estimate of drug-likeness (QED) is 0.122. The molecule has 2 aromatic carbocycles. The Balaban J connectivity index is 0.000000164. The lowest BCUT2D eigenvalue weighted by atomic mass is 9.71. The van der Waals surface area contributed by atoms with E-state index in [4.69, 9.17) is 19.6 Å². The Hall–Kier alpha value is -5.44. The van der Waals surface area contributed by atoms with Gasteiger partial charge in [0.25, 0.3) is 5.91 Å². The molecule has 73 heavy (non-hydrogen) atoms. The number of fused-ring (bicyclic) bond motifs is 6. The van der Waals surface area contributed by atoms with Crippen molar-refractivity contribution in [3.05, 3.63) is 59.9 Å². The minimum Gasteiger partial charge on any atom is -0.478 e. The van der Waals surface area contributed by atoms with Gasteiger partial charge in [-0.15, -0.1) is 0 Å². The average Bonchev–Trinajstić information content (AvgIpc) is 3.37. The van der Waals surface area contributed by atoms with Crippen molar-refractivity contribution in [3.8, 4) is 0 Å². The van der Waals surface area contributed by atoms with Gasteiger partial charge in [0.1, 0.15) is 0 Å². The molecule has 2 aliphatic carbocycles. The van der Waals surface area contributed by atoms with Crippen molar-refractivity contribution >= 4 is 57.5 Å². The van der Waals surface area contributed by atoms with E-state index in [0.29, 0.717) is 65.3 Å². The molecule has 4 aromatic rings. The van der Waals surface area contributed by atoms with E-state index in [2.05, 4.69) is 72.4 Å². The van der Waals surface area contributed by atoms with Gasteiger partial charge in [0.05, 0.1) is 42.7 Å². The highest BCUT2D eigenvalue weighted by Gasteiger charge is 2.44. The number of nitrogens with zero attached hydrogens (tertiary/aromatic N) is 5. The molecule has 4 saturated heterocycles. The predicted molar refractivity (Wildman–Crippen MR) is 285 cm³/mol. The molecule has 15 nitrogen and oxygen atoms in total. The number of carboxylic acids is 1. The smallest absolute Gasteiger partial charge is 0.335 e. The summed E-state index contributed by atoms with van der Waals surface area (Å²) < 4.78 is 9.79. The lowest BCUT2D eigenvalue weighted by Crippen LogP contribution is -2.55. The lowest BCUT2D eigenvalue weighted by Gasteiger charge is -2.48. The topological polar surface area (TPSA) is 198 Å². The Morgan fingerprint density at radius 1 is 0.589 bits per heavy atom. The second-order valence-electron chi connectivity index (χ2n) is 24.2. The van der Waals surface area contributed by atoms with Crippen LogP contribution in [0.15, 0.2) is 48.8 Å². The average molecular weight is 1000 g/mol. The number of hydrogen-bond donors (Lipinski definition) is 4. The molecule has 0 spiro atoms. The van der Waals surface area contributed by atoms with Crippen LogP contribution in [0.25, 0.3) is 21.8 Å². The number of carbonyl (C=O) groups is 4. The van der Waals surface area contributed by atoms with Gasteiger partial charge in [-0.2, -0.15) is 0 Å². The molecule has 6 heterocycles. The highest BCUT2D eigenvalue weighted by atomic mass is 16.5. The molecule has 6 aliphatic rings. The summed E-state index contributed by atoms with van der Waals surface area (Å²) in [6.45, 7) is 14.0. The van der Waals surface area contributed by atoms with Crippen LogP contribution in [0.4, 0.5) is 11.9 Å². The standard InChI is InChI=1S/C29H40N4O3.C19H25N3O2.C10H17NO2/c1-29(2,3)21-9-11-22(12-10-21)31-28-30-17-20-14-18(8-13-25(20)32-28)26(34)33-23-6-5-7-24(33)16-19(15-23)27(35)36-4;1-19(2,3)14-5-7-15(8-6-14)21-18-20-11-13-10-12(17(23)24)4-9-16(13)22-18;1-13-10(12)7-5-8-3-2-4-9(6-7)11-8/h8,13-14,17,19,21-24H,5-7,9-12,15-16H2,1-4H3,(H,30,31,32);4,9-11,14-15H,5-8H2,1-3H3,(H,23,24)(H,20,21,22);7-9,11H,2-6H2,1H3. The third kappa shape index (κ3) is 13.7. The third-order valence-electron chi connectivity index (χ3n) is 17.2. The molecular weight excluding hydrogens is 921 g/mol. The first-order chi connectivity index (χ1) is 34.8. The molecule has 6 fully saturated rings. The fourth-order valence-electron chi connectivity index (χ4n) is 12.9. The fourth-order valence-corrected chi connectivity index (χ4v) is 12.9. The van der Waals surface area contributed by atoms with Crippen LogP contribution in [0.5, 0.6) is 0 Å². The molecule has 0 radical (unpaired) electrons. The van der Waals surface area contributed by atoms with Crippen molar-refractivity contribution < 1.29 is 33.8 Å². The summed E-state index contributed by atoms with van der Waals surface area (Å²) in [7, 11) is 2.94. The second kappa shape index (κ2) is 23.4. The maximum Gasteiger partial charge on any atom is 0.335 e. The van der Waals surface area contributed by atoms with Crippen molar-refractivity contribution in [3.63, 3.8) is 0 Å². The SMILES string of the molecule is CC(C)(C)C1CCC(Nc2ncc3cc(C(=O)O)ccc3n2)CC1.COC(=O)C1CC2CCCC(C1)N2.COC(=O)C1CC2CCCC(C1)N2C(=O)c1ccc2nc(NC3CCC(C(C)(C)C)CC3)ncc2c1. The number of hydrogen-bond acceptors (Lipinski definition) is 13. The van der Waals surface area contributed by atoms with Gasteiger partial charge in [-0.1, -0.05) is 48.0 Å². The predicted octanol–water partition coefficient (Wildman–Crippen LogP) is 11.0. The number of anilines is 2. The van der Waals surface area contributed by atoms with E-state index >= 15 is 0 Å². The van der Waals surface area contributed by atoms with E-state index in [1.54, 1.807) is 24.4 Å². The number of methoxy groups -OCH3 is 2. The van der Waals surface area contributed by atoms with E-state index in [1.165, 1.54) is 59.2 Å². The molecular formula is C58H82N8O7. The monoisotopic (exact) mass is 1000 g/mol. The van der Waals surface area contributed by atoms with Crippen molar-refractivity contribution in [2.24, 2.45) is 34.5 Å². The largest absolute Gasteiger partial charge is 0.478 e. The first-order valence-electron chi connectivity index (χ1n) is 27.4. The third-order valence-corrected chi connectivity index (χ3v) is 17.2. The number of rotatable bonds is 8. The van der Waals surface area contributed by atoms with Gasteiger partial charge < -0.3 is 35.4 Å². The van der Waals surface area contributed by atoms with Crippen LogP contribution in [0.2, 0.25) is 0 Å². The van der Waals surface area contributed by atoms with Crippen LogP contribution in [0.3, 0.4) is 0 Å². The highest BCUT2D eigenvalue weighted by molar-refractivity contribution is 5.98. The summed E-state index contributed by atoms with van der Waals surface area (Å²) in [4.78, 5) is 68.3. The molecule has 10 rings (SSSR count). The molecule has 2 saturated carbocycles. The molecule has 396 valence electrons. The van der Waals surface area contributed by atoms with E-state index in [0.717, 1.165) is 91.4 Å². The summed E-state index contributed by atoms with van der Waals surface area (Å²) in [5, 5.41) is 21.2. The number of aromatic nitrogens is 4. The van der Waals surface area contributed by atoms with Crippen LogP contribution in [-0.2, 0) is 19.1 Å². The highest BCUT2D eigenvalue weighted by Crippen LogP contribution is 2.41. The zero-order chi connectivity index (χ0) is 52.0. The normalized spacial score (nSPS) is 28.0. The van der Waals surface area contributed by atoms with Gasteiger partial charge in [-0.3, -0.25) is 14.4 Å². The van der Waals surface area contributed by atoms with Crippen LogP contribution in [-0.4, -0.2) is 104 Å².